The molecule has 0 radical (unpaired) electrons. The summed E-state index contributed by atoms with van der Waals surface area (Å²) >= 11 is 1.40. The van der Waals surface area contributed by atoms with Crippen LogP contribution in [0.25, 0.3) is 0 Å². The smallest absolute Gasteiger partial charge is 0.283 e. The third kappa shape index (κ3) is 6.50. The quantitative estimate of drug-likeness (QED) is 0.398. The number of benzene rings is 2. The summed E-state index contributed by atoms with van der Waals surface area (Å²) in [5.74, 6) is -0.0395. The van der Waals surface area contributed by atoms with Crippen LogP contribution in [0.15, 0.2) is 52.3 Å². The molecule has 2 N–H and O–H groups in total. The monoisotopic (exact) mass is 373 g/mol. The number of nitro benzene ring substituents is 1. The molecule has 0 saturated heterocycles. The first-order chi connectivity index (χ1) is 12.5. The van der Waals surface area contributed by atoms with Gasteiger partial charge in [-0.05, 0) is 43.7 Å². The lowest BCUT2D eigenvalue weighted by molar-refractivity contribution is -0.387. The molecule has 0 aromatic heterocycles. The van der Waals surface area contributed by atoms with Crippen LogP contribution in [0.2, 0.25) is 0 Å². The lowest BCUT2D eigenvalue weighted by Gasteiger charge is -2.08. The summed E-state index contributed by atoms with van der Waals surface area (Å²) in [6.07, 6.45) is 0.809. The summed E-state index contributed by atoms with van der Waals surface area (Å²) in [5, 5.41) is 17.4. The van der Waals surface area contributed by atoms with Gasteiger partial charge in [0.25, 0.3) is 5.69 Å². The number of rotatable bonds is 9. The third-order valence-electron chi connectivity index (χ3n) is 3.70. The molecule has 0 fully saturated rings. The first-order valence-electron chi connectivity index (χ1n) is 8.42. The zero-order valence-electron chi connectivity index (χ0n) is 15.0. The first-order valence-corrected chi connectivity index (χ1v) is 9.24. The molecule has 0 atom stereocenters. The van der Waals surface area contributed by atoms with Crippen LogP contribution in [0.3, 0.4) is 0 Å². The van der Waals surface area contributed by atoms with Gasteiger partial charge in [-0.25, -0.2) is 0 Å². The molecule has 26 heavy (non-hydrogen) atoms. The largest absolute Gasteiger partial charge is 0.356 e. The van der Waals surface area contributed by atoms with Crippen LogP contribution in [0, 0.1) is 17.0 Å². The predicted molar refractivity (Wildman–Crippen MR) is 103 cm³/mol. The molecule has 2 rings (SSSR count). The average Bonchev–Trinajstić information content (AvgIpc) is 2.60. The molecule has 138 valence electrons. The number of nitrogens with one attached hydrogen (secondary N) is 2. The van der Waals surface area contributed by atoms with Gasteiger partial charge in [-0.1, -0.05) is 35.5 Å². The molecule has 2 aromatic carbocycles. The molecular weight excluding hydrogens is 350 g/mol. The second-order valence-electron chi connectivity index (χ2n) is 5.99. The van der Waals surface area contributed by atoms with E-state index in [1.165, 1.54) is 18.7 Å². The molecule has 2 aromatic rings. The van der Waals surface area contributed by atoms with E-state index in [4.69, 9.17) is 0 Å². The maximum atomic E-state index is 11.4. The van der Waals surface area contributed by atoms with E-state index in [-0.39, 0.29) is 16.5 Å². The van der Waals surface area contributed by atoms with Crippen LogP contribution >= 0.6 is 11.8 Å². The van der Waals surface area contributed by atoms with Crippen LogP contribution in [-0.2, 0) is 11.3 Å². The summed E-state index contributed by atoms with van der Waals surface area (Å²) in [4.78, 5) is 23.5. The number of nitro groups is 1. The van der Waals surface area contributed by atoms with Crippen molar-refractivity contribution in [3.8, 4) is 0 Å². The zero-order chi connectivity index (χ0) is 18.9. The SMILES string of the molecule is CC(=O)NCCCNCc1ccc(Sc2ccc(C)cc2)c([N+](=O)[O-])c1. The minimum absolute atomic E-state index is 0.0395. The van der Waals surface area contributed by atoms with Gasteiger partial charge in [0.15, 0.2) is 0 Å². The van der Waals surface area contributed by atoms with E-state index in [0.29, 0.717) is 18.0 Å². The van der Waals surface area contributed by atoms with E-state index in [1.54, 1.807) is 12.1 Å². The highest BCUT2D eigenvalue weighted by atomic mass is 32.2. The Morgan fingerprint density at radius 1 is 1.15 bits per heavy atom. The standard InChI is InChI=1S/C19H23N3O3S/c1-14-4-7-17(8-5-14)26-19-9-6-16(12-18(19)22(24)25)13-20-10-3-11-21-15(2)23/h4-9,12,20H,3,10-11,13H2,1-2H3,(H,21,23). The van der Waals surface area contributed by atoms with Gasteiger partial charge in [-0.15, -0.1) is 0 Å². The summed E-state index contributed by atoms with van der Waals surface area (Å²) in [5.41, 5.74) is 2.14. The van der Waals surface area contributed by atoms with Gasteiger partial charge in [0.1, 0.15) is 0 Å². The van der Waals surface area contributed by atoms with Crippen LogP contribution < -0.4 is 10.6 Å². The summed E-state index contributed by atoms with van der Waals surface area (Å²) < 4.78 is 0. The van der Waals surface area contributed by atoms with E-state index in [0.717, 1.165) is 29.0 Å². The molecule has 0 aliphatic heterocycles. The number of carbonyl (C=O) groups is 1. The van der Waals surface area contributed by atoms with Crippen molar-refractivity contribution in [3.05, 3.63) is 63.7 Å². The molecule has 1 amide bonds. The van der Waals surface area contributed by atoms with Gasteiger partial charge in [0.2, 0.25) is 5.91 Å². The third-order valence-corrected chi connectivity index (χ3v) is 4.78. The van der Waals surface area contributed by atoms with E-state index in [2.05, 4.69) is 10.6 Å². The van der Waals surface area contributed by atoms with Crippen molar-refractivity contribution in [3.63, 3.8) is 0 Å². The zero-order valence-corrected chi connectivity index (χ0v) is 15.8. The lowest BCUT2D eigenvalue weighted by Crippen LogP contribution is -2.24. The fraction of sp³-hybridized carbons (Fsp3) is 0.316. The van der Waals surface area contributed by atoms with E-state index >= 15 is 0 Å². The predicted octanol–water partition coefficient (Wildman–Crippen LogP) is 3.67. The van der Waals surface area contributed by atoms with E-state index in [9.17, 15) is 14.9 Å². The van der Waals surface area contributed by atoms with Gasteiger partial charge in [0.05, 0.1) is 9.82 Å². The van der Waals surface area contributed by atoms with Crippen molar-refractivity contribution in [2.45, 2.75) is 36.6 Å². The number of hydrogen-bond donors (Lipinski definition) is 2. The van der Waals surface area contributed by atoms with E-state index in [1.807, 2.05) is 37.3 Å². The van der Waals surface area contributed by atoms with Crippen LogP contribution in [0.1, 0.15) is 24.5 Å². The summed E-state index contributed by atoms with van der Waals surface area (Å²) in [6, 6.07) is 13.3. The van der Waals surface area contributed by atoms with Crippen molar-refractivity contribution >= 4 is 23.4 Å². The molecule has 7 heteroatoms. The Bertz CT molecular complexity index is 763. The molecule has 0 unspecified atom stereocenters. The number of amides is 1. The Morgan fingerprint density at radius 3 is 2.54 bits per heavy atom. The first kappa shape index (κ1) is 19.9. The minimum Gasteiger partial charge on any atom is -0.356 e. The van der Waals surface area contributed by atoms with Crippen LogP contribution in [0.5, 0.6) is 0 Å². The Balaban J connectivity index is 1.96. The van der Waals surface area contributed by atoms with Crippen molar-refractivity contribution in [1.29, 1.82) is 0 Å². The molecule has 0 saturated carbocycles. The fourth-order valence-electron chi connectivity index (χ4n) is 2.35. The van der Waals surface area contributed by atoms with E-state index < -0.39 is 0 Å². The number of carbonyl (C=O) groups excluding carboxylic acids is 1. The van der Waals surface area contributed by atoms with Gasteiger partial charge >= 0.3 is 0 Å². The Labute approximate surface area is 157 Å². The summed E-state index contributed by atoms with van der Waals surface area (Å²) in [6.45, 7) is 5.40. The maximum absolute atomic E-state index is 11.4. The second-order valence-corrected chi connectivity index (χ2v) is 7.10. The lowest BCUT2D eigenvalue weighted by atomic mass is 10.2. The maximum Gasteiger partial charge on any atom is 0.283 e. The average molecular weight is 373 g/mol. The van der Waals surface area contributed by atoms with Crippen molar-refractivity contribution in [2.75, 3.05) is 13.1 Å². The van der Waals surface area contributed by atoms with Crippen LogP contribution in [-0.4, -0.2) is 23.9 Å². The van der Waals surface area contributed by atoms with Gasteiger partial charge in [-0.2, -0.15) is 0 Å². The van der Waals surface area contributed by atoms with Crippen molar-refractivity contribution < 1.29 is 9.72 Å². The molecule has 6 nitrogen and oxygen atoms in total. The highest BCUT2D eigenvalue weighted by Crippen LogP contribution is 2.35. The number of nitrogens with zero attached hydrogens (tertiary/aromatic N) is 1. The van der Waals surface area contributed by atoms with Crippen LogP contribution in [0.4, 0.5) is 5.69 Å². The number of aryl methyl sites for hydroxylation is 1. The molecule has 0 bridgehead atoms. The highest BCUT2D eigenvalue weighted by Gasteiger charge is 2.15. The Morgan fingerprint density at radius 2 is 1.88 bits per heavy atom. The molecule has 0 aliphatic carbocycles. The van der Waals surface area contributed by atoms with Crippen molar-refractivity contribution in [2.24, 2.45) is 0 Å². The topological polar surface area (TPSA) is 84.3 Å². The molecule has 0 heterocycles. The van der Waals surface area contributed by atoms with Gasteiger partial charge in [-0.3, -0.25) is 14.9 Å². The minimum atomic E-state index is -0.337. The second kappa shape index (κ2) is 9.94. The molecule has 0 spiro atoms. The fourth-order valence-corrected chi connectivity index (χ4v) is 3.25. The highest BCUT2D eigenvalue weighted by molar-refractivity contribution is 7.99. The molecular formula is C19H23N3O3S. The summed E-state index contributed by atoms with van der Waals surface area (Å²) in [7, 11) is 0. The van der Waals surface area contributed by atoms with Crippen molar-refractivity contribution in [1.82, 2.24) is 10.6 Å². The van der Waals surface area contributed by atoms with Gasteiger partial charge < -0.3 is 10.6 Å². The Hall–Kier alpha value is -2.38. The molecule has 0 aliphatic rings. The normalized spacial score (nSPS) is 10.5. The Kier molecular flexibility index (Phi) is 7.62. The van der Waals surface area contributed by atoms with Gasteiger partial charge in [0, 0.05) is 31.0 Å². The number of hydrogen-bond acceptors (Lipinski definition) is 5.